The maximum Gasteiger partial charge on any atom is 0.163 e. The zero-order chi connectivity index (χ0) is 19.3. The van der Waals surface area contributed by atoms with Crippen LogP contribution in [0.3, 0.4) is 0 Å². The number of anilines is 1. The van der Waals surface area contributed by atoms with Crippen molar-refractivity contribution in [2.45, 2.75) is 25.9 Å². The van der Waals surface area contributed by atoms with Crippen LogP contribution in [-0.2, 0) is 6.54 Å². The van der Waals surface area contributed by atoms with Gasteiger partial charge in [0.1, 0.15) is 5.82 Å². The van der Waals surface area contributed by atoms with Crippen LogP contribution in [0.15, 0.2) is 60.6 Å². The number of nitrogens with one attached hydrogen (secondary N) is 3. The third-order valence-electron chi connectivity index (χ3n) is 5.01. The average Bonchev–Trinajstić information content (AvgIpc) is 3.11. The Hall–Kier alpha value is -2.99. The number of rotatable bonds is 7. The van der Waals surface area contributed by atoms with Crippen LogP contribution >= 0.6 is 0 Å². The Morgan fingerprint density at radius 2 is 2.00 bits per heavy atom. The second-order valence-electron chi connectivity index (χ2n) is 7.23. The zero-order valence-electron chi connectivity index (χ0n) is 16.3. The Bertz CT molecular complexity index is 930. The van der Waals surface area contributed by atoms with Gasteiger partial charge in [-0.2, -0.15) is 0 Å². The molecule has 0 aromatic carbocycles. The fourth-order valence-electron chi connectivity index (χ4n) is 3.66. The Morgan fingerprint density at radius 3 is 2.86 bits per heavy atom. The van der Waals surface area contributed by atoms with Gasteiger partial charge in [-0.05, 0) is 43.8 Å². The number of fused-ring (bicyclic) bond motifs is 1. The van der Waals surface area contributed by atoms with Crippen LogP contribution in [0.4, 0.5) is 5.82 Å². The number of pyridine rings is 1. The molecule has 2 aliphatic rings. The van der Waals surface area contributed by atoms with Gasteiger partial charge in [0.25, 0.3) is 0 Å². The lowest BCUT2D eigenvalue weighted by atomic mass is 9.90. The number of hydrogen-bond acceptors (Lipinski definition) is 6. The maximum atomic E-state index is 4.72. The fraction of sp³-hybridized carbons (Fsp3) is 0.318. The molecule has 6 heteroatoms. The van der Waals surface area contributed by atoms with Gasteiger partial charge >= 0.3 is 0 Å². The molecule has 0 fully saturated rings. The van der Waals surface area contributed by atoms with Crippen molar-refractivity contribution in [3.63, 3.8) is 0 Å². The van der Waals surface area contributed by atoms with Crippen LogP contribution in [0.5, 0.6) is 0 Å². The largest absolute Gasteiger partial charge is 0.384 e. The van der Waals surface area contributed by atoms with E-state index in [1.54, 1.807) is 0 Å². The zero-order valence-corrected chi connectivity index (χ0v) is 16.3. The lowest BCUT2D eigenvalue weighted by Crippen LogP contribution is -2.25. The number of allylic oxidation sites excluding steroid dienone is 2. The van der Waals surface area contributed by atoms with Crippen molar-refractivity contribution in [2.24, 2.45) is 5.92 Å². The molecule has 3 heterocycles. The highest BCUT2D eigenvalue weighted by Crippen LogP contribution is 2.28. The molecule has 28 heavy (non-hydrogen) atoms. The summed E-state index contributed by atoms with van der Waals surface area (Å²) in [7, 11) is 1.92. The molecule has 2 unspecified atom stereocenters. The Balaban J connectivity index is 1.46. The molecule has 2 aromatic rings. The molecule has 0 saturated heterocycles. The normalized spacial score (nSPS) is 19.9. The van der Waals surface area contributed by atoms with E-state index in [9.17, 15) is 0 Å². The molecule has 0 amide bonds. The molecule has 144 valence electrons. The third-order valence-corrected chi connectivity index (χ3v) is 5.01. The van der Waals surface area contributed by atoms with E-state index in [4.69, 9.17) is 4.98 Å². The standard InChI is InChI=1S/C22H26N6/c1-15-9-17(12-24-11-15)22-27-18(14-23-2)10-21(28-22)25-8-7-16-13-26-20-6-4-3-5-19(16)20/h3-6,9-13,19-20,23,26H,7-8,14H2,1-2H3,(H,25,27,28). The van der Waals surface area contributed by atoms with Gasteiger partial charge in [-0.15, -0.1) is 0 Å². The molecule has 1 aliphatic carbocycles. The molecule has 1 aliphatic heterocycles. The molecule has 2 aromatic heterocycles. The monoisotopic (exact) mass is 374 g/mol. The summed E-state index contributed by atoms with van der Waals surface area (Å²) in [5, 5.41) is 10.1. The van der Waals surface area contributed by atoms with E-state index in [1.165, 1.54) is 5.57 Å². The molecule has 3 N–H and O–H groups in total. The van der Waals surface area contributed by atoms with Gasteiger partial charge in [0, 0.05) is 43.0 Å². The van der Waals surface area contributed by atoms with Crippen molar-refractivity contribution in [2.75, 3.05) is 18.9 Å². The van der Waals surface area contributed by atoms with Crippen LogP contribution in [0.1, 0.15) is 17.7 Å². The smallest absolute Gasteiger partial charge is 0.163 e. The molecule has 6 nitrogen and oxygen atoms in total. The van der Waals surface area contributed by atoms with Gasteiger partial charge in [-0.25, -0.2) is 9.97 Å². The average molecular weight is 374 g/mol. The summed E-state index contributed by atoms with van der Waals surface area (Å²) in [5.74, 6) is 2.01. The molecule has 2 atom stereocenters. The van der Waals surface area contributed by atoms with E-state index in [0.717, 1.165) is 35.6 Å². The Morgan fingerprint density at radius 1 is 1.11 bits per heavy atom. The summed E-state index contributed by atoms with van der Waals surface area (Å²) in [6.45, 7) is 3.55. The van der Waals surface area contributed by atoms with Gasteiger partial charge < -0.3 is 16.0 Å². The number of aromatic nitrogens is 3. The topological polar surface area (TPSA) is 74.8 Å². The minimum absolute atomic E-state index is 0.404. The summed E-state index contributed by atoms with van der Waals surface area (Å²) in [5.41, 5.74) is 4.41. The second kappa shape index (κ2) is 8.35. The number of nitrogens with zero attached hydrogens (tertiary/aromatic N) is 3. The first-order valence-electron chi connectivity index (χ1n) is 9.71. The quantitative estimate of drug-likeness (QED) is 0.692. The highest BCUT2D eigenvalue weighted by Gasteiger charge is 2.26. The van der Waals surface area contributed by atoms with E-state index < -0.39 is 0 Å². The van der Waals surface area contributed by atoms with Crippen molar-refractivity contribution in [1.29, 1.82) is 0 Å². The van der Waals surface area contributed by atoms with E-state index in [2.05, 4.69) is 62.5 Å². The van der Waals surface area contributed by atoms with Crippen LogP contribution < -0.4 is 16.0 Å². The van der Waals surface area contributed by atoms with Crippen LogP contribution in [0.2, 0.25) is 0 Å². The summed E-state index contributed by atoms with van der Waals surface area (Å²) >= 11 is 0. The van der Waals surface area contributed by atoms with E-state index >= 15 is 0 Å². The minimum Gasteiger partial charge on any atom is -0.384 e. The van der Waals surface area contributed by atoms with Gasteiger partial charge in [-0.1, -0.05) is 24.3 Å². The molecule has 0 saturated carbocycles. The van der Waals surface area contributed by atoms with E-state index in [-0.39, 0.29) is 0 Å². The van der Waals surface area contributed by atoms with Crippen molar-refractivity contribution < 1.29 is 0 Å². The predicted octanol–water partition coefficient (Wildman–Crippen LogP) is 2.97. The molecule has 4 rings (SSSR count). The highest BCUT2D eigenvalue weighted by atomic mass is 15.0. The maximum absolute atomic E-state index is 4.72. The van der Waals surface area contributed by atoms with Gasteiger partial charge in [0.15, 0.2) is 5.82 Å². The number of aryl methyl sites for hydroxylation is 1. The molecule has 0 bridgehead atoms. The minimum atomic E-state index is 0.404. The summed E-state index contributed by atoms with van der Waals surface area (Å²) in [4.78, 5) is 13.7. The van der Waals surface area contributed by atoms with Crippen molar-refractivity contribution in [3.8, 4) is 11.4 Å². The van der Waals surface area contributed by atoms with Crippen LogP contribution in [-0.4, -0.2) is 34.6 Å². The summed E-state index contributed by atoms with van der Waals surface area (Å²) in [6, 6.07) is 4.48. The molecule has 0 spiro atoms. The van der Waals surface area contributed by atoms with E-state index in [0.29, 0.717) is 24.3 Å². The van der Waals surface area contributed by atoms with E-state index in [1.807, 2.05) is 32.4 Å². The SMILES string of the molecule is CNCc1cc(NCCC2=CNC3C=CC=CC23)nc(-c2cncc(C)c2)n1. The third kappa shape index (κ3) is 4.12. The molecular formula is C22H26N6. The van der Waals surface area contributed by atoms with Gasteiger partial charge in [-0.3, -0.25) is 4.98 Å². The lowest BCUT2D eigenvalue weighted by molar-refractivity contribution is 0.620. The van der Waals surface area contributed by atoms with Crippen LogP contribution in [0.25, 0.3) is 11.4 Å². The summed E-state index contributed by atoms with van der Waals surface area (Å²) in [6.07, 6.45) is 15.5. The molecule has 0 radical (unpaired) electrons. The first-order valence-corrected chi connectivity index (χ1v) is 9.71. The van der Waals surface area contributed by atoms with Crippen molar-refractivity contribution in [1.82, 2.24) is 25.6 Å². The van der Waals surface area contributed by atoms with Crippen molar-refractivity contribution in [3.05, 3.63) is 71.9 Å². The number of hydrogen-bond donors (Lipinski definition) is 3. The summed E-state index contributed by atoms with van der Waals surface area (Å²) < 4.78 is 0. The Labute approximate surface area is 165 Å². The lowest BCUT2D eigenvalue weighted by Gasteiger charge is -2.19. The highest BCUT2D eigenvalue weighted by molar-refractivity contribution is 5.57. The predicted molar refractivity (Wildman–Crippen MR) is 113 cm³/mol. The fourth-order valence-corrected chi connectivity index (χ4v) is 3.66. The van der Waals surface area contributed by atoms with Gasteiger partial charge in [0.2, 0.25) is 0 Å². The molecular weight excluding hydrogens is 348 g/mol. The second-order valence-corrected chi connectivity index (χ2v) is 7.23. The van der Waals surface area contributed by atoms with Crippen LogP contribution in [0, 0.1) is 12.8 Å². The van der Waals surface area contributed by atoms with Crippen molar-refractivity contribution >= 4 is 5.82 Å². The van der Waals surface area contributed by atoms with Gasteiger partial charge in [0.05, 0.1) is 11.7 Å². The first kappa shape index (κ1) is 18.4. The first-order chi connectivity index (χ1) is 13.7. The Kier molecular flexibility index (Phi) is 5.48.